The molecule has 0 aliphatic heterocycles. The predicted octanol–water partition coefficient (Wildman–Crippen LogP) is 4.14. The maximum atomic E-state index is 12.9. The van der Waals surface area contributed by atoms with Crippen LogP contribution in [0.2, 0.25) is 0 Å². The fourth-order valence-corrected chi connectivity index (χ4v) is 4.35. The van der Waals surface area contributed by atoms with Gasteiger partial charge in [-0.3, -0.25) is 9.52 Å². The molecular weight excluding hydrogens is 416 g/mol. The number of aryl methyl sites for hydroxylation is 2. The Kier molecular flexibility index (Phi) is 6.41. The molecule has 0 aliphatic rings. The summed E-state index contributed by atoms with van der Waals surface area (Å²) in [5, 5.41) is 2.64. The van der Waals surface area contributed by atoms with Gasteiger partial charge in [0.05, 0.1) is 23.3 Å². The van der Waals surface area contributed by atoms with E-state index in [9.17, 15) is 18.0 Å². The van der Waals surface area contributed by atoms with Crippen LogP contribution in [-0.4, -0.2) is 27.4 Å². The van der Waals surface area contributed by atoms with Crippen molar-refractivity contribution in [2.45, 2.75) is 18.7 Å². The summed E-state index contributed by atoms with van der Waals surface area (Å²) >= 11 is 0. The van der Waals surface area contributed by atoms with Gasteiger partial charge in [0.25, 0.3) is 15.9 Å². The summed E-state index contributed by atoms with van der Waals surface area (Å²) in [6.07, 6.45) is 0. The average Bonchev–Trinajstić information content (AvgIpc) is 2.73. The number of carbonyl (C=O) groups is 2. The third kappa shape index (κ3) is 5.10. The van der Waals surface area contributed by atoms with Crippen LogP contribution in [0.4, 0.5) is 11.4 Å². The van der Waals surface area contributed by atoms with Gasteiger partial charge in [0.15, 0.2) is 0 Å². The number of rotatable bonds is 6. The van der Waals surface area contributed by atoms with E-state index >= 15 is 0 Å². The molecule has 1 amide bonds. The Bertz CT molecular complexity index is 1250. The van der Waals surface area contributed by atoms with Gasteiger partial charge in [-0.15, -0.1) is 0 Å². The summed E-state index contributed by atoms with van der Waals surface area (Å²) in [6, 6.07) is 17.8. The lowest BCUT2D eigenvalue weighted by atomic mass is 10.1. The van der Waals surface area contributed by atoms with Crippen LogP contribution in [0.3, 0.4) is 0 Å². The fraction of sp³-hybridized carbons (Fsp3) is 0.130. The highest BCUT2D eigenvalue weighted by Gasteiger charge is 2.20. The quantitative estimate of drug-likeness (QED) is 0.563. The minimum absolute atomic E-state index is 0.0112. The van der Waals surface area contributed by atoms with Gasteiger partial charge in [-0.2, -0.15) is 0 Å². The molecule has 3 aromatic rings. The van der Waals surface area contributed by atoms with Crippen molar-refractivity contribution in [1.82, 2.24) is 0 Å². The molecule has 0 radical (unpaired) electrons. The molecule has 0 bridgehead atoms. The molecule has 0 unspecified atom stereocenters. The second-order valence-electron chi connectivity index (χ2n) is 6.95. The summed E-state index contributed by atoms with van der Waals surface area (Å²) < 4.78 is 33.2. The normalized spacial score (nSPS) is 10.9. The van der Waals surface area contributed by atoms with Crippen molar-refractivity contribution in [3.63, 3.8) is 0 Å². The predicted molar refractivity (Wildman–Crippen MR) is 119 cm³/mol. The zero-order chi connectivity index (χ0) is 22.6. The lowest BCUT2D eigenvalue weighted by Gasteiger charge is -2.13. The number of benzene rings is 3. The number of hydrogen-bond donors (Lipinski definition) is 2. The summed E-state index contributed by atoms with van der Waals surface area (Å²) in [5.41, 5.74) is 2.43. The van der Waals surface area contributed by atoms with E-state index in [4.69, 9.17) is 4.74 Å². The highest BCUT2D eigenvalue weighted by Crippen LogP contribution is 2.23. The number of nitrogens with one attached hydrogen (secondary N) is 2. The van der Waals surface area contributed by atoms with E-state index in [1.54, 1.807) is 49.4 Å². The number of para-hydroxylation sites is 1. The molecule has 0 saturated heterocycles. The van der Waals surface area contributed by atoms with Crippen LogP contribution in [0.15, 0.2) is 71.6 Å². The standard InChI is InChI=1S/C23H22N2O5S/c1-15-7-6-8-18(13-15)25-31(28,29)21-14-17(12-11-16(21)2)22(26)24-20-10-5-4-9-19(20)23(27)30-3/h4-14,25H,1-3H3,(H,24,26). The molecule has 8 heteroatoms. The molecule has 3 aromatic carbocycles. The number of esters is 1. The van der Waals surface area contributed by atoms with Gasteiger partial charge in [-0.05, 0) is 61.4 Å². The number of amides is 1. The van der Waals surface area contributed by atoms with Crippen molar-refractivity contribution >= 4 is 33.3 Å². The first kappa shape index (κ1) is 22.0. The molecule has 0 aliphatic carbocycles. The Morgan fingerprint density at radius 3 is 2.35 bits per heavy atom. The van der Waals surface area contributed by atoms with Gasteiger partial charge >= 0.3 is 5.97 Å². The lowest BCUT2D eigenvalue weighted by Crippen LogP contribution is -2.18. The van der Waals surface area contributed by atoms with Crippen LogP contribution in [0.25, 0.3) is 0 Å². The third-order valence-corrected chi connectivity index (χ3v) is 6.11. The third-order valence-electron chi connectivity index (χ3n) is 4.59. The van der Waals surface area contributed by atoms with Crippen molar-refractivity contribution in [3.05, 3.63) is 89.0 Å². The van der Waals surface area contributed by atoms with E-state index in [1.807, 2.05) is 13.0 Å². The summed E-state index contributed by atoms with van der Waals surface area (Å²) in [7, 11) is -2.67. The van der Waals surface area contributed by atoms with Gasteiger partial charge in [-0.1, -0.05) is 30.3 Å². The maximum absolute atomic E-state index is 12.9. The first-order valence-electron chi connectivity index (χ1n) is 9.40. The number of hydrogen-bond acceptors (Lipinski definition) is 5. The van der Waals surface area contributed by atoms with Crippen LogP contribution in [0.1, 0.15) is 31.8 Å². The second-order valence-corrected chi connectivity index (χ2v) is 8.60. The van der Waals surface area contributed by atoms with Gasteiger partial charge < -0.3 is 10.1 Å². The van der Waals surface area contributed by atoms with Crippen LogP contribution >= 0.6 is 0 Å². The zero-order valence-electron chi connectivity index (χ0n) is 17.3. The van der Waals surface area contributed by atoms with E-state index in [-0.39, 0.29) is 21.7 Å². The van der Waals surface area contributed by atoms with E-state index in [2.05, 4.69) is 10.0 Å². The average molecular weight is 439 g/mol. The first-order chi connectivity index (χ1) is 14.7. The zero-order valence-corrected chi connectivity index (χ0v) is 18.1. The van der Waals surface area contributed by atoms with E-state index in [1.165, 1.54) is 25.3 Å². The minimum Gasteiger partial charge on any atom is -0.465 e. The molecule has 160 valence electrons. The first-order valence-corrected chi connectivity index (χ1v) is 10.9. The van der Waals surface area contributed by atoms with Gasteiger partial charge in [0.1, 0.15) is 0 Å². The van der Waals surface area contributed by atoms with Gasteiger partial charge in [-0.25, -0.2) is 13.2 Å². The largest absolute Gasteiger partial charge is 0.465 e. The SMILES string of the molecule is COC(=O)c1ccccc1NC(=O)c1ccc(C)c(S(=O)(=O)Nc2cccc(C)c2)c1. The lowest BCUT2D eigenvalue weighted by molar-refractivity contribution is 0.0602. The molecule has 0 saturated carbocycles. The second kappa shape index (κ2) is 9.01. The number of sulfonamides is 1. The molecule has 0 atom stereocenters. The van der Waals surface area contributed by atoms with Gasteiger partial charge in [0.2, 0.25) is 0 Å². The summed E-state index contributed by atoms with van der Waals surface area (Å²) in [5.74, 6) is -1.14. The molecule has 2 N–H and O–H groups in total. The molecule has 7 nitrogen and oxygen atoms in total. The number of carbonyl (C=O) groups excluding carboxylic acids is 2. The summed E-state index contributed by atoms with van der Waals surface area (Å²) in [4.78, 5) is 24.7. The Morgan fingerprint density at radius 1 is 0.903 bits per heavy atom. The Hall–Kier alpha value is -3.65. The van der Waals surface area contributed by atoms with E-state index in [0.29, 0.717) is 11.3 Å². The van der Waals surface area contributed by atoms with Crippen molar-refractivity contribution in [2.75, 3.05) is 17.1 Å². The number of ether oxygens (including phenoxy) is 1. The Morgan fingerprint density at radius 2 is 1.65 bits per heavy atom. The molecule has 0 fully saturated rings. The number of methoxy groups -OCH3 is 1. The Balaban J connectivity index is 1.91. The Labute approximate surface area is 181 Å². The van der Waals surface area contributed by atoms with E-state index in [0.717, 1.165) is 5.56 Å². The highest BCUT2D eigenvalue weighted by molar-refractivity contribution is 7.92. The molecular formula is C23H22N2O5S. The smallest absolute Gasteiger partial charge is 0.339 e. The molecule has 3 rings (SSSR count). The van der Waals surface area contributed by atoms with Crippen LogP contribution < -0.4 is 10.0 Å². The summed E-state index contributed by atoms with van der Waals surface area (Å²) in [6.45, 7) is 3.51. The molecule has 0 spiro atoms. The molecule has 31 heavy (non-hydrogen) atoms. The molecule has 0 aromatic heterocycles. The highest BCUT2D eigenvalue weighted by atomic mass is 32.2. The van der Waals surface area contributed by atoms with E-state index < -0.39 is 21.9 Å². The van der Waals surface area contributed by atoms with Crippen LogP contribution in [0, 0.1) is 13.8 Å². The van der Waals surface area contributed by atoms with Crippen LogP contribution in [-0.2, 0) is 14.8 Å². The van der Waals surface area contributed by atoms with Crippen molar-refractivity contribution in [2.24, 2.45) is 0 Å². The number of anilines is 2. The van der Waals surface area contributed by atoms with Crippen LogP contribution in [0.5, 0.6) is 0 Å². The van der Waals surface area contributed by atoms with Crippen molar-refractivity contribution in [1.29, 1.82) is 0 Å². The topological polar surface area (TPSA) is 102 Å². The van der Waals surface area contributed by atoms with Gasteiger partial charge in [0, 0.05) is 11.3 Å². The fourth-order valence-electron chi connectivity index (χ4n) is 3.02. The van der Waals surface area contributed by atoms with Crippen molar-refractivity contribution in [3.8, 4) is 0 Å². The molecule has 0 heterocycles. The monoisotopic (exact) mass is 438 g/mol. The maximum Gasteiger partial charge on any atom is 0.339 e. The minimum atomic E-state index is -3.92. The van der Waals surface area contributed by atoms with Crippen molar-refractivity contribution < 1.29 is 22.7 Å².